The lowest BCUT2D eigenvalue weighted by Gasteiger charge is -2.32. The lowest BCUT2D eigenvalue weighted by Crippen LogP contribution is -2.33. The van der Waals surface area contributed by atoms with E-state index < -0.39 is 0 Å². The Morgan fingerprint density at radius 2 is 1.86 bits per heavy atom. The first-order valence-electron chi connectivity index (χ1n) is 11.4. The van der Waals surface area contributed by atoms with Crippen molar-refractivity contribution in [2.24, 2.45) is 5.92 Å². The summed E-state index contributed by atoms with van der Waals surface area (Å²) >= 11 is 0. The van der Waals surface area contributed by atoms with E-state index in [2.05, 4.69) is 43.0 Å². The molecule has 29 heavy (non-hydrogen) atoms. The van der Waals surface area contributed by atoms with Crippen molar-refractivity contribution in [1.82, 2.24) is 4.90 Å². The van der Waals surface area contributed by atoms with Gasteiger partial charge in [0.05, 0.1) is 6.61 Å². The van der Waals surface area contributed by atoms with Crippen LogP contribution in [-0.4, -0.2) is 29.7 Å². The zero-order valence-corrected chi connectivity index (χ0v) is 18.2. The average Bonchev–Trinajstić information content (AvgIpc) is 2.74. The van der Waals surface area contributed by atoms with E-state index in [1.54, 1.807) is 6.07 Å². The molecule has 0 spiro atoms. The Labute approximate surface area is 176 Å². The smallest absolute Gasteiger partial charge is 0.119 e. The number of benzene rings is 2. The summed E-state index contributed by atoms with van der Waals surface area (Å²) in [6.07, 6.45) is 8.37. The number of nitrogens with zero attached hydrogens (tertiary/aromatic N) is 1. The molecule has 0 amide bonds. The summed E-state index contributed by atoms with van der Waals surface area (Å²) in [7, 11) is 0. The van der Waals surface area contributed by atoms with E-state index in [-0.39, 0.29) is 0 Å². The molecule has 1 saturated heterocycles. The molecule has 0 unspecified atom stereocenters. The first kappa shape index (κ1) is 21.7. The highest BCUT2D eigenvalue weighted by Gasteiger charge is 2.19. The van der Waals surface area contributed by atoms with Crippen LogP contribution < -0.4 is 4.74 Å². The van der Waals surface area contributed by atoms with Gasteiger partial charge in [-0.3, -0.25) is 4.90 Å². The van der Waals surface area contributed by atoms with Crippen LogP contribution >= 0.6 is 0 Å². The Morgan fingerprint density at radius 3 is 2.59 bits per heavy atom. The second-order valence-corrected chi connectivity index (χ2v) is 8.41. The van der Waals surface area contributed by atoms with Gasteiger partial charge >= 0.3 is 0 Å². The number of hydrogen-bond acceptors (Lipinski definition) is 3. The molecule has 2 aromatic rings. The maximum absolute atomic E-state index is 9.63. The Hall–Kier alpha value is -2.00. The fourth-order valence-electron chi connectivity index (χ4n) is 4.32. The van der Waals surface area contributed by atoms with Crippen LogP contribution in [0, 0.1) is 5.92 Å². The average molecular weight is 396 g/mol. The predicted octanol–water partition coefficient (Wildman–Crippen LogP) is 5.98. The number of phenolic OH excluding ortho intramolecular Hbond substituents is 1. The molecule has 0 atom stereocenters. The van der Waals surface area contributed by atoms with Gasteiger partial charge in [0.25, 0.3) is 0 Å². The number of piperidine rings is 1. The van der Waals surface area contributed by atoms with Crippen LogP contribution in [0.2, 0.25) is 0 Å². The molecule has 0 aromatic heterocycles. The fourth-order valence-corrected chi connectivity index (χ4v) is 4.32. The molecule has 1 heterocycles. The molecule has 158 valence electrons. The normalized spacial score (nSPS) is 15.5. The number of aromatic hydroxyl groups is 1. The highest BCUT2D eigenvalue weighted by molar-refractivity contribution is 5.36. The summed E-state index contributed by atoms with van der Waals surface area (Å²) < 4.78 is 6.10. The van der Waals surface area contributed by atoms with Crippen molar-refractivity contribution in [3.05, 3.63) is 59.2 Å². The number of phenols is 1. The monoisotopic (exact) mass is 395 g/mol. The van der Waals surface area contributed by atoms with E-state index in [4.69, 9.17) is 4.74 Å². The van der Waals surface area contributed by atoms with Crippen LogP contribution in [0.3, 0.4) is 0 Å². The lowest BCUT2D eigenvalue weighted by atomic mass is 9.93. The number of hydrogen-bond donors (Lipinski definition) is 1. The van der Waals surface area contributed by atoms with Gasteiger partial charge in [0.1, 0.15) is 11.5 Å². The van der Waals surface area contributed by atoms with Crippen LogP contribution in [0.4, 0.5) is 0 Å². The van der Waals surface area contributed by atoms with Gasteiger partial charge in [-0.2, -0.15) is 0 Å². The van der Waals surface area contributed by atoms with E-state index in [1.807, 2.05) is 12.1 Å². The van der Waals surface area contributed by atoms with Crippen LogP contribution in [0.25, 0.3) is 0 Å². The summed E-state index contributed by atoms with van der Waals surface area (Å²) in [5.41, 5.74) is 4.12. The topological polar surface area (TPSA) is 32.7 Å². The first-order valence-corrected chi connectivity index (χ1v) is 11.4. The van der Waals surface area contributed by atoms with Crippen molar-refractivity contribution in [2.45, 2.75) is 65.3 Å². The van der Waals surface area contributed by atoms with Crippen molar-refractivity contribution in [3.8, 4) is 11.5 Å². The van der Waals surface area contributed by atoms with Crippen molar-refractivity contribution in [2.75, 3.05) is 19.7 Å². The summed E-state index contributed by atoms with van der Waals surface area (Å²) in [6, 6.07) is 14.3. The minimum absolute atomic E-state index is 0.360. The van der Waals surface area contributed by atoms with Crippen LogP contribution in [-0.2, 0) is 19.4 Å². The highest BCUT2D eigenvalue weighted by Crippen LogP contribution is 2.24. The third-order valence-electron chi connectivity index (χ3n) is 6.18. The zero-order valence-electron chi connectivity index (χ0n) is 18.2. The molecule has 1 aliphatic rings. The molecule has 1 aliphatic heterocycles. The molecular formula is C26H37NO2. The van der Waals surface area contributed by atoms with Gasteiger partial charge in [-0.05, 0) is 98.5 Å². The third-order valence-corrected chi connectivity index (χ3v) is 6.18. The Balaban J connectivity index is 1.39. The number of ether oxygens (including phenoxy) is 1. The minimum Gasteiger partial charge on any atom is -0.508 e. The standard InChI is InChI=1S/C26H37NO2/c1-3-5-8-24-10-11-26(19-23(24)4-2)29-17-14-21-12-15-27(16-13-21)20-22-7-6-9-25(28)18-22/h6-7,9-11,18-19,21,28H,3-5,8,12-17,20H2,1-2H3. The van der Waals surface area contributed by atoms with E-state index in [9.17, 15) is 5.11 Å². The van der Waals surface area contributed by atoms with E-state index in [0.29, 0.717) is 5.75 Å². The molecule has 2 aromatic carbocycles. The van der Waals surface area contributed by atoms with Crippen molar-refractivity contribution < 1.29 is 9.84 Å². The SMILES string of the molecule is CCCCc1ccc(OCCC2CCN(Cc3cccc(O)c3)CC2)cc1CC. The fraction of sp³-hybridized carbons (Fsp3) is 0.538. The molecule has 0 aliphatic carbocycles. The number of rotatable bonds is 10. The summed E-state index contributed by atoms with van der Waals surface area (Å²) in [6.45, 7) is 8.49. The largest absolute Gasteiger partial charge is 0.508 e. The number of unbranched alkanes of at least 4 members (excludes halogenated alkanes) is 1. The molecule has 3 heteroatoms. The van der Waals surface area contributed by atoms with E-state index in [0.717, 1.165) is 50.8 Å². The Kier molecular flexibility index (Phi) is 8.42. The third kappa shape index (κ3) is 6.78. The first-order chi connectivity index (χ1) is 14.2. The number of likely N-dealkylation sites (tertiary alicyclic amines) is 1. The van der Waals surface area contributed by atoms with Crippen molar-refractivity contribution in [1.29, 1.82) is 0 Å². The van der Waals surface area contributed by atoms with Gasteiger partial charge in [0.15, 0.2) is 0 Å². The minimum atomic E-state index is 0.360. The molecule has 0 radical (unpaired) electrons. The van der Waals surface area contributed by atoms with Gasteiger partial charge in [0, 0.05) is 6.54 Å². The molecule has 3 rings (SSSR count). The number of aryl methyl sites for hydroxylation is 2. The quantitative estimate of drug-likeness (QED) is 0.537. The Bertz CT molecular complexity index is 750. The van der Waals surface area contributed by atoms with Crippen molar-refractivity contribution >= 4 is 0 Å². The second-order valence-electron chi connectivity index (χ2n) is 8.41. The molecule has 1 fully saturated rings. The van der Waals surface area contributed by atoms with Gasteiger partial charge in [-0.25, -0.2) is 0 Å². The van der Waals surface area contributed by atoms with Gasteiger partial charge in [-0.1, -0.05) is 38.5 Å². The van der Waals surface area contributed by atoms with E-state index >= 15 is 0 Å². The van der Waals surface area contributed by atoms with Crippen LogP contribution in [0.5, 0.6) is 11.5 Å². The van der Waals surface area contributed by atoms with Gasteiger partial charge in [0.2, 0.25) is 0 Å². The Morgan fingerprint density at radius 1 is 1.03 bits per heavy atom. The summed E-state index contributed by atoms with van der Waals surface area (Å²) in [4.78, 5) is 2.49. The predicted molar refractivity (Wildman–Crippen MR) is 121 cm³/mol. The van der Waals surface area contributed by atoms with E-state index in [1.165, 1.54) is 48.8 Å². The maximum Gasteiger partial charge on any atom is 0.119 e. The molecule has 3 nitrogen and oxygen atoms in total. The van der Waals surface area contributed by atoms with Crippen LogP contribution in [0.1, 0.15) is 62.6 Å². The molecular weight excluding hydrogens is 358 g/mol. The summed E-state index contributed by atoms with van der Waals surface area (Å²) in [5, 5.41) is 9.63. The van der Waals surface area contributed by atoms with Crippen LogP contribution in [0.15, 0.2) is 42.5 Å². The molecule has 0 bridgehead atoms. The lowest BCUT2D eigenvalue weighted by molar-refractivity contribution is 0.157. The molecule has 0 saturated carbocycles. The molecule has 1 N–H and O–H groups in total. The highest BCUT2D eigenvalue weighted by atomic mass is 16.5. The second kappa shape index (κ2) is 11.3. The zero-order chi connectivity index (χ0) is 20.5. The van der Waals surface area contributed by atoms with Gasteiger partial charge < -0.3 is 9.84 Å². The maximum atomic E-state index is 9.63. The van der Waals surface area contributed by atoms with Gasteiger partial charge in [-0.15, -0.1) is 0 Å². The summed E-state index contributed by atoms with van der Waals surface area (Å²) in [5.74, 6) is 2.15. The van der Waals surface area contributed by atoms with Crippen molar-refractivity contribution in [3.63, 3.8) is 0 Å².